The first-order valence-electron chi connectivity index (χ1n) is 5.50. The van der Waals surface area contributed by atoms with Gasteiger partial charge in [0.25, 0.3) is 0 Å². The van der Waals surface area contributed by atoms with Gasteiger partial charge in [0.2, 0.25) is 0 Å². The number of hydrogen-bond acceptors (Lipinski definition) is 4. The van der Waals surface area contributed by atoms with E-state index in [4.69, 9.17) is 10.5 Å². The average molecular weight is 267 g/mol. The molecule has 2 N–H and O–H groups in total. The summed E-state index contributed by atoms with van der Waals surface area (Å²) in [5.41, 5.74) is 5.44. The normalized spacial score (nSPS) is 10.5. The molecule has 2 rings (SSSR count). The zero-order valence-electron chi connectivity index (χ0n) is 10.1. The van der Waals surface area contributed by atoms with Crippen LogP contribution in [0.4, 0.5) is 14.6 Å². The molecule has 0 aliphatic heterocycles. The smallest absolute Gasteiger partial charge is 0.360 e. The van der Waals surface area contributed by atoms with Crippen LogP contribution in [-0.2, 0) is 4.74 Å². The molecule has 0 fully saturated rings. The highest BCUT2D eigenvalue weighted by Gasteiger charge is 2.19. The van der Waals surface area contributed by atoms with E-state index in [1.54, 1.807) is 6.92 Å². The second-order valence-corrected chi connectivity index (χ2v) is 3.64. The van der Waals surface area contributed by atoms with Gasteiger partial charge in [-0.15, -0.1) is 0 Å². The lowest BCUT2D eigenvalue weighted by atomic mass is 10.3. The minimum Gasteiger partial charge on any atom is -0.461 e. The lowest BCUT2D eigenvalue weighted by Crippen LogP contribution is -2.10. The van der Waals surface area contributed by atoms with E-state index < -0.39 is 17.6 Å². The Bertz CT molecular complexity index is 625. The Kier molecular flexibility index (Phi) is 3.46. The summed E-state index contributed by atoms with van der Waals surface area (Å²) in [4.78, 5) is 15.3. The van der Waals surface area contributed by atoms with Crippen LogP contribution in [0.5, 0.6) is 0 Å². The van der Waals surface area contributed by atoms with E-state index in [2.05, 4.69) is 4.98 Å². The van der Waals surface area contributed by atoms with Crippen molar-refractivity contribution in [2.75, 3.05) is 12.3 Å². The third-order valence-corrected chi connectivity index (χ3v) is 2.46. The van der Waals surface area contributed by atoms with Crippen molar-refractivity contribution < 1.29 is 18.3 Å². The minimum atomic E-state index is -1.07. The van der Waals surface area contributed by atoms with Gasteiger partial charge in [-0.05, 0) is 19.1 Å². The molecule has 1 aromatic heterocycles. The zero-order chi connectivity index (χ0) is 14.0. The minimum absolute atomic E-state index is 0.108. The molecule has 0 unspecified atom stereocenters. The molecule has 2 aromatic rings. The Morgan fingerprint density at radius 1 is 1.47 bits per heavy atom. The van der Waals surface area contributed by atoms with Gasteiger partial charge in [0.15, 0.2) is 17.3 Å². The topological polar surface area (TPSA) is 70.1 Å². The summed E-state index contributed by atoms with van der Waals surface area (Å²) < 4.78 is 32.6. The molecule has 0 amide bonds. The summed E-state index contributed by atoms with van der Waals surface area (Å²) in [6.45, 7) is 1.80. The van der Waals surface area contributed by atoms with Crippen molar-refractivity contribution in [2.24, 2.45) is 0 Å². The highest BCUT2D eigenvalue weighted by atomic mass is 19.2. The van der Waals surface area contributed by atoms with Crippen molar-refractivity contribution in [1.29, 1.82) is 0 Å². The molecule has 0 saturated heterocycles. The maximum absolute atomic E-state index is 13.6. The number of anilines is 1. The van der Waals surface area contributed by atoms with Gasteiger partial charge in [0.05, 0.1) is 12.3 Å². The van der Waals surface area contributed by atoms with Gasteiger partial charge < -0.3 is 10.5 Å². The summed E-state index contributed by atoms with van der Waals surface area (Å²) >= 11 is 0. The van der Waals surface area contributed by atoms with Crippen molar-refractivity contribution in [1.82, 2.24) is 9.55 Å². The second kappa shape index (κ2) is 5.05. The number of benzene rings is 1. The Morgan fingerprint density at radius 3 is 2.89 bits per heavy atom. The van der Waals surface area contributed by atoms with Gasteiger partial charge in [-0.2, -0.15) is 0 Å². The number of hydrogen-bond donors (Lipinski definition) is 1. The molecule has 0 spiro atoms. The number of nitrogens with two attached hydrogens (primary N) is 1. The molecule has 0 saturated carbocycles. The predicted octanol–water partition coefficient (Wildman–Crippen LogP) is 1.91. The van der Waals surface area contributed by atoms with Crippen LogP contribution in [0.15, 0.2) is 24.5 Å². The SMILES string of the molecule is CCOC(=O)c1ncn(-c2cccc(F)c2F)c1N. The van der Waals surface area contributed by atoms with Gasteiger partial charge in [-0.25, -0.2) is 18.6 Å². The molecule has 0 radical (unpaired) electrons. The first-order chi connectivity index (χ1) is 9.06. The van der Waals surface area contributed by atoms with Crippen LogP contribution in [0.3, 0.4) is 0 Å². The van der Waals surface area contributed by atoms with Gasteiger partial charge in [-0.3, -0.25) is 4.57 Å². The first kappa shape index (κ1) is 13.0. The average Bonchev–Trinajstić information content (AvgIpc) is 2.75. The third kappa shape index (κ3) is 2.26. The van der Waals surface area contributed by atoms with E-state index in [1.165, 1.54) is 12.1 Å². The van der Waals surface area contributed by atoms with Crippen LogP contribution >= 0.6 is 0 Å². The molecule has 0 atom stereocenters. The number of ether oxygens (including phenoxy) is 1. The predicted molar refractivity (Wildman–Crippen MR) is 63.8 cm³/mol. The van der Waals surface area contributed by atoms with Crippen LogP contribution in [0.2, 0.25) is 0 Å². The van der Waals surface area contributed by atoms with Crippen molar-refractivity contribution >= 4 is 11.8 Å². The number of carbonyl (C=O) groups excluding carboxylic acids is 1. The molecule has 7 heteroatoms. The van der Waals surface area contributed by atoms with E-state index >= 15 is 0 Å². The standard InChI is InChI=1S/C12H11F2N3O2/c1-2-19-12(18)10-11(15)17(6-16-10)8-5-3-4-7(13)9(8)14/h3-6H,2,15H2,1H3. The quantitative estimate of drug-likeness (QED) is 0.862. The molecular formula is C12H11F2N3O2. The maximum Gasteiger partial charge on any atom is 0.360 e. The fourth-order valence-electron chi connectivity index (χ4n) is 1.59. The molecule has 1 aromatic carbocycles. The number of halogens is 2. The summed E-state index contributed by atoms with van der Waals surface area (Å²) in [6.07, 6.45) is 1.14. The lowest BCUT2D eigenvalue weighted by molar-refractivity contribution is 0.0521. The molecule has 100 valence electrons. The molecule has 5 nitrogen and oxygen atoms in total. The largest absolute Gasteiger partial charge is 0.461 e. The number of esters is 1. The van der Waals surface area contributed by atoms with Crippen LogP contribution in [0.25, 0.3) is 5.69 Å². The van der Waals surface area contributed by atoms with E-state index in [-0.39, 0.29) is 23.8 Å². The maximum atomic E-state index is 13.6. The summed E-state index contributed by atoms with van der Waals surface area (Å²) in [5, 5.41) is 0. The molecule has 0 bridgehead atoms. The van der Waals surface area contributed by atoms with Crippen LogP contribution < -0.4 is 5.73 Å². The number of nitrogens with zero attached hydrogens (tertiary/aromatic N) is 2. The van der Waals surface area contributed by atoms with Crippen LogP contribution in [0, 0.1) is 11.6 Å². The zero-order valence-corrected chi connectivity index (χ0v) is 10.1. The van der Waals surface area contributed by atoms with Crippen molar-refractivity contribution in [3.63, 3.8) is 0 Å². The van der Waals surface area contributed by atoms with Gasteiger partial charge in [0.1, 0.15) is 12.1 Å². The van der Waals surface area contributed by atoms with E-state index in [9.17, 15) is 13.6 Å². The third-order valence-electron chi connectivity index (χ3n) is 2.46. The Balaban J connectivity index is 2.48. The van der Waals surface area contributed by atoms with Crippen molar-refractivity contribution in [3.8, 4) is 5.69 Å². The van der Waals surface area contributed by atoms with Gasteiger partial charge in [-0.1, -0.05) is 6.07 Å². The number of aromatic nitrogens is 2. The lowest BCUT2D eigenvalue weighted by Gasteiger charge is -2.07. The Hall–Kier alpha value is -2.44. The number of imidazole rings is 1. The fourth-order valence-corrected chi connectivity index (χ4v) is 1.59. The molecular weight excluding hydrogens is 256 g/mol. The molecule has 0 aliphatic carbocycles. The number of nitrogen functional groups attached to an aromatic ring is 1. The van der Waals surface area contributed by atoms with Gasteiger partial charge in [0, 0.05) is 0 Å². The van der Waals surface area contributed by atoms with Crippen LogP contribution in [-0.4, -0.2) is 22.1 Å². The second-order valence-electron chi connectivity index (χ2n) is 3.64. The number of rotatable bonds is 3. The monoisotopic (exact) mass is 267 g/mol. The molecule has 1 heterocycles. The number of carbonyl (C=O) groups is 1. The molecule has 19 heavy (non-hydrogen) atoms. The van der Waals surface area contributed by atoms with Crippen molar-refractivity contribution in [3.05, 3.63) is 41.9 Å². The summed E-state index contributed by atoms with van der Waals surface area (Å²) in [5.74, 6) is -2.90. The highest BCUT2D eigenvalue weighted by Crippen LogP contribution is 2.21. The molecule has 0 aliphatic rings. The van der Waals surface area contributed by atoms with E-state index in [1.807, 2.05) is 0 Å². The Morgan fingerprint density at radius 2 is 2.21 bits per heavy atom. The summed E-state index contributed by atoms with van der Waals surface area (Å²) in [7, 11) is 0. The van der Waals surface area contributed by atoms with Crippen molar-refractivity contribution in [2.45, 2.75) is 6.92 Å². The van der Waals surface area contributed by atoms with E-state index in [0.717, 1.165) is 17.0 Å². The Labute approximate surface area is 107 Å². The van der Waals surface area contributed by atoms with Gasteiger partial charge >= 0.3 is 5.97 Å². The first-order valence-corrected chi connectivity index (χ1v) is 5.50. The summed E-state index contributed by atoms with van der Waals surface area (Å²) in [6, 6.07) is 3.64. The van der Waals surface area contributed by atoms with Crippen LogP contribution in [0.1, 0.15) is 17.4 Å². The highest BCUT2D eigenvalue weighted by molar-refractivity contribution is 5.92. The van der Waals surface area contributed by atoms with E-state index in [0.29, 0.717) is 0 Å². The fraction of sp³-hybridized carbons (Fsp3) is 0.167.